The van der Waals surface area contributed by atoms with E-state index in [-0.39, 0.29) is 6.61 Å². The second-order valence-corrected chi connectivity index (χ2v) is 7.09. The Morgan fingerprint density at radius 3 is 1.52 bits per heavy atom. The SMILES string of the molecule is O[C@H]1[C@@H](F)[C@H](O)O[C@@H]1COC(c1ccccc1)(c1ccccc1)c1ccccc1. The summed E-state index contributed by atoms with van der Waals surface area (Å²) in [6, 6.07) is 29.2. The van der Waals surface area contributed by atoms with E-state index in [0.717, 1.165) is 16.7 Å². The third-order valence-corrected chi connectivity index (χ3v) is 5.30. The summed E-state index contributed by atoms with van der Waals surface area (Å²) in [6.45, 7) is -0.0999. The summed E-state index contributed by atoms with van der Waals surface area (Å²) >= 11 is 0. The minimum Gasteiger partial charge on any atom is -0.387 e. The maximum Gasteiger partial charge on any atom is 0.189 e. The van der Waals surface area contributed by atoms with E-state index in [1.165, 1.54) is 0 Å². The maximum absolute atomic E-state index is 13.9. The first kappa shape index (κ1) is 19.7. The lowest BCUT2D eigenvalue weighted by Crippen LogP contribution is -2.39. The molecule has 4 atom stereocenters. The van der Waals surface area contributed by atoms with Crippen molar-refractivity contribution in [2.45, 2.75) is 30.3 Å². The first-order chi connectivity index (χ1) is 14.1. The molecule has 1 heterocycles. The van der Waals surface area contributed by atoms with Crippen LogP contribution in [0.25, 0.3) is 0 Å². The van der Waals surface area contributed by atoms with Crippen LogP contribution in [0.15, 0.2) is 91.0 Å². The molecule has 0 aliphatic carbocycles. The van der Waals surface area contributed by atoms with Crippen molar-refractivity contribution in [1.29, 1.82) is 0 Å². The van der Waals surface area contributed by atoms with E-state index in [0.29, 0.717) is 0 Å². The molecule has 3 aromatic rings. The Morgan fingerprint density at radius 1 is 0.759 bits per heavy atom. The zero-order valence-corrected chi connectivity index (χ0v) is 15.8. The standard InChI is InChI=1S/C24H23FO4/c25-21-22(26)20(29-23(21)27)16-28-24(17-10-4-1-5-11-17,18-12-6-2-7-13-18)19-14-8-3-9-15-19/h1-15,20-23,26-27H,16H2/t20-,21-,22-,23-/m1/s1. The fourth-order valence-electron chi connectivity index (χ4n) is 3.82. The number of ether oxygens (including phenoxy) is 2. The zero-order valence-electron chi connectivity index (χ0n) is 15.8. The van der Waals surface area contributed by atoms with E-state index in [1.807, 2.05) is 91.0 Å². The van der Waals surface area contributed by atoms with E-state index in [4.69, 9.17) is 9.47 Å². The van der Waals surface area contributed by atoms with Gasteiger partial charge < -0.3 is 19.7 Å². The summed E-state index contributed by atoms with van der Waals surface area (Å²) < 4.78 is 25.5. The van der Waals surface area contributed by atoms with Crippen molar-refractivity contribution < 1.29 is 24.1 Å². The number of aliphatic hydroxyl groups excluding tert-OH is 2. The molecule has 0 radical (unpaired) electrons. The predicted molar refractivity (Wildman–Crippen MR) is 107 cm³/mol. The van der Waals surface area contributed by atoms with E-state index in [2.05, 4.69) is 0 Å². The van der Waals surface area contributed by atoms with Gasteiger partial charge in [-0.1, -0.05) is 91.0 Å². The van der Waals surface area contributed by atoms with E-state index >= 15 is 0 Å². The third kappa shape index (κ3) is 3.70. The normalized spacial score (nSPS) is 24.5. The molecule has 5 heteroatoms. The lowest BCUT2D eigenvalue weighted by molar-refractivity contribution is -0.138. The minimum atomic E-state index is -1.86. The third-order valence-electron chi connectivity index (χ3n) is 5.30. The summed E-state index contributed by atoms with van der Waals surface area (Å²) in [5.41, 5.74) is 1.68. The van der Waals surface area contributed by atoms with Gasteiger partial charge in [-0.25, -0.2) is 4.39 Å². The smallest absolute Gasteiger partial charge is 0.189 e. The fourth-order valence-corrected chi connectivity index (χ4v) is 3.82. The first-order valence-corrected chi connectivity index (χ1v) is 9.59. The van der Waals surface area contributed by atoms with Crippen LogP contribution in [0.3, 0.4) is 0 Å². The molecule has 1 saturated heterocycles. The fraction of sp³-hybridized carbons (Fsp3) is 0.250. The number of benzene rings is 3. The Kier molecular flexibility index (Phi) is 5.74. The highest BCUT2D eigenvalue weighted by Crippen LogP contribution is 2.41. The van der Waals surface area contributed by atoms with Gasteiger partial charge in [0.15, 0.2) is 12.5 Å². The molecule has 1 aliphatic rings. The van der Waals surface area contributed by atoms with Crippen LogP contribution in [0.5, 0.6) is 0 Å². The average Bonchev–Trinajstić information content (AvgIpc) is 3.03. The number of hydrogen-bond acceptors (Lipinski definition) is 4. The van der Waals surface area contributed by atoms with Crippen LogP contribution in [0.1, 0.15) is 16.7 Å². The molecule has 4 rings (SSSR count). The minimum absolute atomic E-state index is 0.0999. The van der Waals surface area contributed by atoms with Crippen molar-refractivity contribution in [2.24, 2.45) is 0 Å². The molecule has 29 heavy (non-hydrogen) atoms. The highest BCUT2D eigenvalue weighted by atomic mass is 19.1. The predicted octanol–water partition coefficient (Wildman–Crippen LogP) is 3.41. The summed E-state index contributed by atoms with van der Waals surface area (Å²) in [5.74, 6) is 0. The Balaban J connectivity index is 1.80. The van der Waals surface area contributed by atoms with E-state index in [9.17, 15) is 14.6 Å². The maximum atomic E-state index is 13.9. The van der Waals surface area contributed by atoms with Crippen molar-refractivity contribution in [3.8, 4) is 0 Å². The molecule has 0 saturated carbocycles. The summed E-state index contributed by atoms with van der Waals surface area (Å²) in [7, 11) is 0. The van der Waals surface area contributed by atoms with Crippen LogP contribution < -0.4 is 0 Å². The van der Waals surface area contributed by atoms with Crippen LogP contribution in [-0.4, -0.2) is 41.5 Å². The van der Waals surface area contributed by atoms with Gasteiger partial charge in [0.05, 0.1) is 6.61 Å². The van der Waals surface area contributed by atoms with Gasteiger partial charge in [0.1, 0.15) is 17.8 Å². The van der Waals surface area contributed by atoms with Crippen LogP contribution >= 0.6 is 0 Å². The topological polar surface area (TPSA) is 58.9 Å². The molecule has 0 bridgehead atoms. The van der Waals surface area contributed by atoms with Gasteiger partial charge in [-0.15, -0.1) is 0 Å². The lowest BCUT2D eigenvalue weighted by Gasteiger charge is -2.37. The summed E-state index contributed by atoms with van der Waals surface area (Å²) in [5, 5.41) is 19.7. The molecule has 1 fully saturated rings. The second kappa shape index (κ2) is 8.43. The van der Waals surface area contributed by atoms with Crippen molar-refractivity contribution in [3.63, 3.8) is 0 Å². The molecule has 0 amide bonds. The molecule has 2 N–H and O–H groups in total. The quantitative estimate of drug-likeness (QED) is 0.629. The monoisotopic (exact) mass is 394 g/mol. The van der Waals surface area contributed by atoms with Gasteiger partial charge in [-0.05, 0) is 16.7 Å². The van der Waals surface area contributed by atoms with E-state index < -0.39 is 30.3 Å². The van der Waals surface area contributed by atoms with Gasteiger partial charge in [-0.2, -0.15) is 0 Å². The zero-order chi connectivity index (χ0) is 20.3. The van der Waals surface area contributed by atoms with Crippen molar-refractivity contribution in [2.75, 3.05) is 6.61 Å². The molecule has 0 aromatic heterocycles. The molecule has 0 unspecified atom stereocenters. The van der Waals surface area contributed by atoms with Gasteiger partial charge in [0, 0.05) is 0 Å². The van der Waals surface area contributed by atoms with Gasteiger partial charge >= 0.3 is 0 Å². The van der Waals surface area contributed by atoms with Crippen molar-refractivity contribution in [3.05, 3.63) is 108 Å². The summed E-state index contributed by atoms with van der Waals surface area (Å²) in [4.78, 5) is 0. The Bertz CT molecular complexity index is 807. The molecular formula is C24H23FO4. The van der Waals surface area contributed by atoms with Crippen LogP contribution in [0.4, 0.5) is 4.39 Å². The van der Waals surface area contributed by atoms with Crippen LogP contribution in [0.2, 0.25) is 0 Å². The number of rotatable bonds is 6. The van der Waals surface area contributed by atoms with Crippen molar-refractivity contribution >= 4 is 0 Å². The summed E-state index contributed by atoms with van der Waals surface area (Å²) in [6.07, 6.45) is -5.94. The molecule has 3 aromatic carbocycles. The van der Waals surface area contributed by atoms with Gasteiger partial charge in [0.2, 0.25) is 0 Å². The molecule has 4 nitrogen and oxygen atoms in total. The van der Waals surface area contributed by atoms with Crippen LogP contribution in [-0.2, 0) is 15.1 Å². The first-order valence-electron chi connectivity index (χ1n) is 9.59. The average molecular weight is 394 g/mol. The second-order valence-electron chi connectivity index (χ2n) is 7.09. The Labute approximate surface area is 169 Å². The number of halogens is 1. The van der Waals surface area contributed by atoms with Crippen LogP contribution in [0, 0.1) is 0 Å². The Hall–Kier alpha value is -2.57. The largest absolute Gasteiger partial charge is 0.387 e. The highest BCUT2D eigenvalue weighted by molar-refractivity contribution is 5.47. The van der Waals surface area contributed by atoms with Crippen molar-refractivity contribution in [1.82, 2.24) is 0 Å². The molecule has 150 valence electrons. The van der Waals surface area contributed by atoms with E-state index in [1.54, 1.807) is 0 Å². The Morgan fingerprint density at radius 2 is 1.17 bits per heavy atom. The molecule has 1 aliphatic heterocycles. The lowest BCUT2D eigenvalue weighted by atomic mass is 9.80. The number of aliphatic hydroxyl groups is 2. The highest BCUT2D eigenvalue weighted by Gasteiger charge is 2.46. The number of alkyl halides is 1. The molecular weight excluding hydrogens is 371 g/mol. The van der Waals surface area contributed by atoms with Gasteiger partial charge in [0.25, 0.3) is 0 Å². The van der Waals surface area contributed by atoms with Gasteiger partial charge in [-0.3, -0.25) is 0 Å². The number of hydrogen-bond donors (Lipinski definition) is 2. The molecule has 0 spiro atoms.